The molecule has 3 aromatic carbocycles. The molecule has 2 saturated heterocycles. The zero-order valence-electron chi connectivity index (χ0n) is 24.7. The van der Waals surface area contributed by atoms with E-state index in [0.717, 1.165) is 11.0 Å². The Morgan fingerprint density at radius 3 is 2.06 bits per heavy atom. The van der Waals surface area contributed by atoms with E-state index in [4.69, 9.17) is 39.5 Å². The molecule has 4 aliphatic rings. The van der Waals surface area contributed by atoms with Crippen LogP contribution >= 0.6 is 34.8 Å². The molecule has 1 N–H and O–H groups in total. The average molecular weight is 742 g/mol. The summed E-state index contributed by atoms with van der Waals surface area (Å²) in [4.78, 5) is 51.7. The van der Waals surface area contributed by atoms with Crippen LogP contribution in [0.2, 0.25) is 5.02 Å². The Balaban J connectivity index is 1.46. The molecular formula is C33H20Cl3F5N2O6. The monoisotopic (exact) mass is 740 g/mol. The fourth-order valence-corrected chi connectivity index (χ4v) is 8.84. The standard InChI is InChI=1S/C33H20Cl3F5N2O6/c1-49-18-10-12(9-17(34)27(18)44)20-14-7-8-15-19(29(46)42(28(15)45)13-5-3-2-4-6-13)16(14)11-32(35)30(47)43(31(48)33(20,32)36)26-24(40)22(38)21(37)23(39)25(26)41/h2-7,9-10,15-16,19-20,44H,8,11H2,1H3. The Labute approximate surface area is 288 Å². The first-order valence-corrected chi connectivity index (χ1v) is 15.7. The third kappa shape index (κ3) is 4.21. The van der Waals surface area contributed by atoms with E-state index in [1.165, 1.54) is 13.2 Å². The van der Waals surface area contributed by atoms with Gasteiger partial charge in [0.25, 0.3) is 11.8 Å². The van der Waals surface area contributed by atoms with E-state index in [0.29, 0.717) is 0 Å². The van der Waals surface area contributed by atoms with Crippen molar-refractivity contribution >= 4 is 69.8 Å². The Kier molecular flexibility index (Phi) is 7.58. The SMILES string of the molecule is COc1cc(C2C3=CCC4C(=O)N(c5ccccc5)C(=O)C4C3CC3(Cl)C(=O)N(c4c(F)c(F)c(F)c(F)c4F)C(=O)C23Cl)cc(Cl)c1O. The zero-order valence-corrected chi connectivity index (χ0v) is 27.0. The number of amides is 4. The van der Waals surface area contributed by atoms with Crippen molar-refractivity contribution in [3.8, 4) is 11.5 Å². The van der Waals surface area contributed by atoms with Crippen molar-refractivity contribution in [2.24, 2.45) is 17.8 Å². The molecule has 0 bridgehead atoms. The van der Waals surface area contributed by atoms with Crippen LogP contribution in [0.4, 0.5) is 33.3 Å². The number of imide groups is 2. The Morgan fingerprint density at radius 1 is 0.837 bits per heavy atom. The number of hydrogen-bond donors (Lipinski definition) is 1. The largest absolute Gasteiger partial charge is 0.503 e. The molecule has 8 nitrogen and oxygen atoms in total. The Bertz CT molecular complexity index is 2040. The number of phenolic OH excluding ortho intramolecular Hbond substituents is 1. The second-order valence-electron chi connectivity index (χ2n) is 12.1. The van der Waals surface area contributed by atoms with Gasteiger partial charge in [-0.15, -0.1) is 23.2 Å². The lowest BCUT2D eigenvalue weighted by atomic mass is 9.56. The summed E-state index contributed by atoms with van der Waals surface area (Å²) in [6, 6.07) is 10.4. The Hall–Kier alpha value is -4.20. The summed E-state index contributed by atoms with van der Waals surface area (Å²) in [6.07, 6.45) is 0.834. The molecule has 2 aliphatic carbocycles. The van der Waals surface area contributed by atoms with E-state index in [-0.39, 0.29) is 38.9 Å². The number of benzene rings is 3. The summed E-state index contributed by atoms with van der Waals surface area (Å²) in [5.74, 6) is -22.4. The number of carbonyl (C=O) groups is 4. The molecule has 3 fully saturated rings. The van der Waals surface area contributed by atoms with Gasteiger partial charge in [-0.3, -0.25) is 24.1 Å². The molecule has 254 valence electrons. The van der Waals surface area contributed by atoms with Crippen LogP contribution in [0.3, 0.4) is 0 Å². The van der Waals surface area contributed by atoms with Crippen LogP contribution in [0.25, 0.3) is 0 Å². The van der Waals surface area contributed by atoms with Gasteiger partial charge in [0.2, 0.25) is 17.6 Å². The molecular weight excluding hydrogens is 722 g/mol. The van der Waals surface area contributed by atoms with Gasteiger partial charge in [-0.2, -0.15) is 0 Å². The first-order chi connectivity index (χ1) is 23.1. The molecule has 1 saturated carbocycles. The zero-order chi connectivity index (χ0) is 35.5. The molecule has 49 heavy (non-hydrogen) atoms. The number of hydrogen-bond acceptors (Lipinski definition) is 6. The van der Waals surface area contributed by atoms with E-state index >= 15 is 8.78 Å². The Morgan fingerprint density at radius 2 is 1.45 bits per heavy atom. The number of allylic oxidation sites excluding steroid dienone is 2. The maximum atomic E-state index is 15.2. The molecule has 3 aromatic rings. The molecule has 2 heterocycles. The van der Waals surface area contributed by atoms with Crippen molar-refractivity contribution < 1.29 is 51.0 Å². The van der Waals surface area contributed by atoms with Crippen LogP contribution < -0.4 is 14.5 Å². The highest BCUT2D eigenvalue weighted by molar-refractivity contribution is 6.58. The predicted octanol–water partition coefficient (Wildman–Crippen LogP) is 6.52. The fourth-order valence-electron chi connectivity index (χ4n) is 7.69. The van der Waals surface area contributed by atoms with Crippen LogP contribution in [-0.4, -0.2) is 45.6 Å². The van der Waals surface area contributed by atoms with E-state index in [1.54, 1.807) is 36.4 Å². The van der Waals surface area contributed by atoms with E-state index < -0.39 is 104 Å². The summed E-state index contributed by atoms with van der Waals surface area (Å²) < 4.78 is 78.5. The molecule has 4 amide bonds. The number of phenols is 1. The number of rotatable bonds is 4. The number of ether oxygens (including phenoxy) is 1. The second kappa shape index (κ2) is 11.2. The summed E-state index contributed by atoms with van der Waals surface area (Å²) >= 11 is 20.5. The quantitative estimate of drug-likeness (QED) is 0.0817. The van der Waals surface area contributed by atoms with Gasteiger partial charge >= 0.3 is 0 Å². The van der Waals surface area contributed by atoms with E-state index in [1.807, 2.05) is 0 Å². The number of alkyl halides is 2. The van der Waals surface area contributed by atoms with Gasteiger partial charge in [0.05, 0.1) is 29.7 Å². The molecule has 6 atom stereocenters. The molecule has 6 unspecified atom stereocenters. The normalized spacial score (nSPS) is 29.2. The summed E-state index contributed by atoms with van der Waals surface area (Å²) in [7, 11) is 1.18. The first-order valence-electron chi connectivity index (χ1n) is 14.6. The minimum absolute atomic E-state index is 0.0221. The number of methoxy groups -OCH3 is 1. The van der Waals surface area contributed by atoms with Gasteiger partial charge < -0.3 is 9.84 Å². The maximum absolute atomic E-state index is 15.2. The third-order valence-corrected chi connectivity index (χ3v) is 11.5. The van der Waals surface area contributed by atoms with Gasteiger partial charge in [-0.25, -0.2) is 26.9 Å². The summed E-state index contributed by atoms with van der Waals surface area (Å²) in [5, 5.41) is 10.1. The smallest absolute Gasteiger partial charge is 0.258 e. The van der Waals surface area contributed by atoms with Crippen LogP contribution in [0.5, 0.6) is 11.5 Å². The van der Waals surface area contributed by atoms with Crippen LogP contribution in [-0.2, 0) is 19.2 Å². The lowest BCUT2D eigenvalue weighted by Gasteiger charge is -2.50. The third-order valence-electron chi connectivity index (χ3n) is 9.84. The fraction of sp³-hybridized carbons (Fsp3) is 0.273. The van der Waals surface area contributed by atoms with Gasteiger partial charge in [0.1, 0.15) is 5.69 Å². The molecule has 0 radical (unpaired) electrons. The van der Waals surface area contributed by atoms with Crippen molar-refractivity contribution in [2.45, 2.75) is 28.5 Å². The molecule has 2 aliphatic heterocycles. The van der Waals surface area contributed by atoms with Gasteiger partial charge in [-0.05, 0) is 48.6 Å². The van der Waals surface area contributed by atoms with Gasteiger partial charge in [0, 0.05) is 5.92 Å². The van der Waals surface area contributed by atoms with Crippen molar-refractivity contribution in [3.05, 3.63) is 93.8 Å². The number of aromatic hydroxyl groups is 1. The number of halogens is 8. The number of fused-ring (bicyclic) bond motifs is 4. The predicted molar refractivity (Wildman–Crippen MR) is 165 cm³/mol. The van der Waals surface area contributed by atoms with Crippen molar-refractivity contribution in [1.29, 1.82) is 0 Å². The molecule has 7 rings (SSSR count). The first kappa shape index (κ1) is 33.3. The molecule has 0 spiro atoms. The maximum Gasteiger partial charge on any atom is 0.258 e. The van der Waals surface area contributed by atoms with Gasteiger partial charge in [-0.1, -0.05) is 41.4 Å². The highest BCUT2D eigenvalue weighted by Crippen LogP contribution is 2.66. The van der Waals surface area contributed by atoms with E-state index in [2.05, 4.69) is 0 Å². The number of anilines is 2. The van der Waals surface area contributed by atoms with Crippen LogP contribution in [0, 0.1) is 46.8 Å². The minimum atomic E-state index is -2.75. The second-order valence-corrected chi connectivity index (χ2v) is 13.7. The molecule has 16 heteroatoms. The topological polar surface area (TPSA) is 104 Å². The van der Waals surface area contributed by atoms with E-state index in [9.17, 15) is 37.5 Å². The highest BCUT2D eigenvalue weighted by Gasteiger charge is 2.77. The highest BCUT2D eigenvalue weighted by atomic mass is 35.5. The number of para-hydroxylation sites is 1. The number of nitrogens with zero attached hydrogens (tertiary/aromatic N) is 2. The van der Waals surface area contributed by atoms with Crippen LogP contribution in [0.1, 0.15) is 24.3 Å². The average Bonchev–Trinajstić information content (AvgIpc) is 3.42. The van der Waals surface area contributed by atoms with Crippen molar-refractivity contribution in [2.75, 3.05) is 16.9 Å². The summed E-state index contributed by atoms with van der Waals surface area (Å²) in [5.41, 5.74) is -1.43. The number of carbonyl (C=O) groups excluding carboxylic acids is 4. The lowest BCUT2D eigenvalue weighted by Crippen LogP contribution is -2.60. The van der Waals surface area contributed by atoms with Gasteiger partial charge in [0.15, 0.2) is 44.5 Å². The molecule has 0 aromatic heterocycles. The minimum Gasteiger partial charge on any atom is -0.503 e. The van der Waals surface area contributed by atoms with Crippen molar-refractivity contribution in [1.82, 2.24) is 0 Å². The van der Waals surface area contributed by atoms with Crippen LogP contribution in [0.15, 0.2) is 54.1 Å². The van der Waals surface area contributed by atoms with Crippen molar-refractivity contribution in [3.63, 3.8) is 0 Å². The summed E-state index contributed by atoms with van der Waals surface area (Å²) in [6.45, 7) is 0. The lowest BCUT2D eigenvalue weighted by molar-refractivity contribution is -0.125.